The number of nitrogens with zero attached hydrogens (tertiary/aromatic N) is 1. The molecular weight excluding hydrogens is 212 g/mol. The molecular formula is C14H26N2O. The summed E-state index contributed by atoms with van der Waals surface area (Å²) in [7, 11) is 2.12. The Balaban J connectivity index is 1.78. The molecule has 0 aromatic heterocycles. The highest BCUT2D eigenvalue weighted by Gasteiger charge is 2.25. The fourth-order valence-corrected chi connectivity index (χ4v) is 3.12. The molecule has 3 heteroatoms. The van der Waals surface area contributed by atoms with Gasteiger partial charge in [-0.05, 0) is 39.3 Å². The molecule has 1 aliphatic carbocycles. The third kappa shape index (κ3) is 3.98. The Bertz CT molecular complexity index is 247. The Kier molecular flexibility index (Phi) is 4.84. The molecule has 0 aromatic rings. The molecule has 1 atom stereocenters. The Morgan fingerprint density at radius 3 is 2.41 bits per heavy atom. The average molecular weight is 238 g/mol. The first-order valence-electron chi connectivity index (χ1n) is 7.24. The van der Waals surface area contributed by atoms with E-state index in [0.717, 1.165) is 19.5 Å². The maximum Gasteiger partial charge on any atom is 0.224 e. The van der Waals surface area contributed by atoms with Crippen LogP contribution in [0.15, 0.2) is 0 Å². The molecule has 3 nitrogen and oxygen atoms in total. The molecule has 2 fully saturated rings. The molecule has 1 amide bonds. The Morgan fingerprint density at radius 1 is 1.06 bits per heavy atom. The fourth-order valence-electron chi connectivity index (χ4n) is 3.12. The zero-order chi connectivity index (χ0) is 12.1. The lowest BCUT2D eigenvalue weighted by atomic mass is 9.96. The van der Waals surface area contributed by atoms with Gasteiger partial charge >= 0.3 is 0 Å². The van der Waals surface area contributed by atoms with E-state index in [1.165, 1.54) is 44.9 Å². The number of hydrogen-bond acceptors (Lipinski definition) is 2. The van der Waals surface area contributed by atoms with E-state index in [9.17, 15) is 4.79 Å². The molecule has 0 unspecified atom stereocenters. The van der Waals surface area contributed by atoms with Gasteiger partial charge in [0.15, 0.2) is 0 Å². The van der Waals surface area contributed by atoms with Gasteiger partial charge in [-0.1, -0.05) is 25.7 Å². The molecule has 2 aliphatic rings. The Labute approximate surface area is 105 Å². The van der Waals surface area contributed by atoms with E-state index >= 15 is 0 Å². The van der Waals surface area contributed by atoms with Crippen molar-refractivity contribution < 1.29 is 4.79 Å². The van der Waals surface area contributed by atoms with Gasteiger partial charge in [0.25, 0.3) is 0 Å². The first-order chi connectivity index (χ1) is 8.25. The first-order valence-corrected chi connectivity index (χ1v) is 7.24. The van der Waals surface area contributed by atoms with Gasteiger partial charge in [0.05, 0.1) is 5.92 Å². The predicted molar refractivity (Wildman–Crippen MR) is 69.9 cm³/mol. The zero-order valence-corrected chi connectivity index (χ0v) is 11.1. The Hall–Kier alpha value is -0.570. The van der Waals surface area contributed by atoms with Crippen molar-refractivity contribution >= 4 is 5.91 Å². The van der Waals surface area contributed by atoms with E-state index in [1.54, 1.807) is 0 Å². The number of hydrogen-bond donors (Lipinski definition) is 1. The molecule has 2 rings (SSSR count). The highest BCUT2D eigenvalue weighted by molar-refractivity contribution is 5.79. The normalized spacial score (nSPS) is 28.6. The summed E-state index contributed by atoms with van der Waals surface area (Å²) in [6.45, 7) is 2.09. The van der Waals surface area contributed by atoms with Gasteiger partial charge in [-0.15, -0.1) is 0 Å². The minimum absolute atomic E-state index is 0.233. The maximum atomic E-state index is 12.2. The molecule has 98 valence electrons. The number of piperidine rings is 1. The third-order valence-corrected chi connectivity index (χ3v) is 4.20. The second-order valence-electron chi connectivity index (χ2n) is 5.80. The van der Waals surface area contributed by atoms with Crippen LogP contribution < -0.4 is 5.32 Å². The van der Waals surface area contributed by atoms with Gasteiger partial charge in [-0.3, -0.25) is 4.79 Å². The molecule has 0 aromatic carbocycles. The van der Waals surface area contributed by atoms with Crippen LogP contribution in [-0.2, 0) is 4.79 Å². The lowest BCUT2D eigenvalue weighted by Crippen LogP contribution is -2.44. The largest absolute Gasteiger partial charge is 0.353 e. The predicted octanol–water partition coefficient (Wildman–Crippen LogP) is 2.17. The SMILES string of the molecule is CN1CCC[C@@H](C(=O)NC2CCCCCC2)C1. The average Bonchev–Trinajstić information content (AvgIpc) is 2.57. The van der Waals surface area contributed by atoms with E-state index < -0.39 is 0 Å². The van der Waals surface area contributed by atoms with E-state index in [0.29, 0.717) is 11.9 Å². The van der Waals surface area contributed by atoms with Crippen molar-refractivity contribution in [2.24, 2.45) is 5.92 Å². The highest BCUT2D eigenvalue weighted by atomic mass is 16.2. The van der Waals surface area contributed by atoms with Crippen molar-refractivity contribution in [3.8, 4) is 0 Å². The van der Waals surface area contributed by atoms with Gasteiger partial charge in [-0.2, -0.15) is 0 Å². The lowest BCUT2D eigenvalue weighted by molar-refractivity contribution is -0.127. The van der Waals surface area contributed by atoms with Crippen LogP contribution in [0.2, 0.25) is 0 Å². The summed E-state index contributed by atoms with van der Waals surface area (Å²) in [4.78, 5) is 14.5. The topological polar surface area (TPSA) is 32.3 Å². The zero-order valence-electron chi connectivity index (χ0n) is 11.1. The van der Waals surface area contributed by atoms with Gasteiger partial charge in [0, 0.05) is 12.6 Å². The fraction of sp³-hybridized carbons (Fsp3) is 0.929. The van der Waals surface area contributed by atoms with Crippen molar-refractivity contribution in [1.29, 1.82) is 0 Å². The van der Waals surface area contributed by atoms with E-state index in [4.69, 9.17) is 0 Å². The minimum atomic E-state index is 0.233. The van der Waals surface area contributed by atoms with Crippen molar-refractivity contribution in [1.82, 2.24) is 10.2 Å². The molecule has 1 heterocycles. The molecule has 1 saturated heterocycles. The quantitative estimate of drug-likeness (QED) is 0.748. The van der Waals surface area contributed by atoms with Gasteiger partial charge in [0.1, 0.15) is 0 Å². The highest BCUT2D eigenvalue weighted by Crippen LogP contribution is 2.19. The van der Waals surface area contributed by atoms with Crippen LogP contribution in [0.3, 0.4) is 0 Å². The molecule has 1 aliphatic heterocycles. The molecule has 0 bridgehead atoms. The van der Waals surface area contributed by atoms with E-state index in [-0.39, 0.29) is 5.92 Å². The summed E-state index contributed by atoms with van der Waals surface area (Å²) in [6.07, 6.45) is 9.88. The van der Waals surface area contributed by atoms with E-state index in [1.807, 2.05) is 0 Å². The van der Waals surface area contributed by atoms with E-state index in [2.05, 4.69) is 17.3 Å². The van der Waals surface area contributed by atoms with Crippen LogP contribution in [0.1, 0.15) is 51.4 Å². The smallest absolute Gasteiger partial charge is 0.224 e. The minimum Gasteiger partial charge on any atom is -0.353 e. The second-order valence-corrected chi connectivity index (χ2v) is 5.80. The van der Waals surface area contributed by atoms with Gasteiger partial charge < -0.3 is 10.2 Å². The van der Waals surface area contributed by atoms with Crippen molar-refractivity contribution in [2.45, 2.75) is 57.4 Å². The summed E-state index contributed by atoms with van der Waals surface area (Å²) < 4.78 is 0. The van der Waals surface area contributed by atoms with Crippen molar-refractivity contribution in [3.05, 3.63) is 0 Å². The summed E-state index contributed by atoms with van der Waals surface area (Å²) in [5, 5.41) is 3.28. The standard InChI is InChI=1S/C14H26N2O/c1-16-10-6-7-12(11-16)14(17)15-13-8-4-2-3-5-9-13/h12-13H,2-11H2,1H3,(H,15,17)/t12-/m1/s1. The number of nitrogens with one attached hydrogen (secondary N) is 1. The Morgan fingerprint density at radius 2 is 1.76 bits per heavy atom. The molecule has 0 spiro atoms. The van der Waals surface area contributed by atoms with Crippen LogP contribution in [0.5, 0.6) is 0 Å². The lowest BCUT2D eigenvalue weighted by Gasteiger charge is -2.30. The van der Waals surface area contributed by atoms with Crippen molar-refractivity contribution in [2.75, 3.05) is 20.1 Å². The molecule has 0 radical (unpaired) electrons. The van der Waals surface area contributed by atoms with Crippen LogP contribution in [-0.4, -0.2) is 37.0 Å². The maximum absolute atomic E-state index is 12.2. The number of likely N-dealkylation sites (tertiary alicyclic amines) is 1. The summed E-state index contributed by atoms with van der Waals surface area (Å²) in [6, 6.07) is 0.456. The summed E-state index contributed by atoms with van der Waals surface area (Å²) in [5.74, 6) is 0.542. The monoisotopic (exact) mass is 238 g/mol. The van der Waals surface area contributed by atoms with Gasteiger partial charge in [-0.25, -0.2) is 0 Å². The number of carbonyl (C=O) groups excluding carboxylic acids is 1. The number of carbonyl (C=O) groups is 1. The summed E-state index contributed by atoms with van der Waals surface area (Å²) in [5.41, 5.74) is 0. The number of rotatable bonds is 2. The van der Waals surface area contributed by atoms with Gasteiger partial charge in [0.2, 0.25) is 5.91 Å². The molecule has 1 N–H and O–H groups in total. The second kappa shape index (κ2) is 6.39. The molecule has 1 saturated carbocycles. The molecule has 17 heavy (non-hydrogen) atoms. The third-order valence-electron chi connectivity index (χ3n) is 4.20. The summed E-state index contributed by atoms with van der Waals surface area (Å²) >= 11 is 0. The number of amides is 1. The van der Waals surface area contributed by atoms with Crippen LogP contribution >= 0.6 is 0 Å². The van der Waals surface area contributed by atoms with Crippen LogP contribution in [0, 0.1) is 5.92 Å². The van der Waals surface area contributed by atoms with Crippen molar-refractivity contribution in [3.63, 3.8) is 0 Å². The van der Waals surface area contributed by atoms with Crippen LogP contribution in [0.4, 0.5) is 0 Å². The first kappa shape index (κ1) is 12.9. The van der Waals surface area contributed by atoms with Crippen LogP contribution in [0.25, 0.3) is 0 Å².